The standard InChI is InChI=1S/C19H24N2O3/c1-21-13-14(15-6-2-3-7-16(15)21)8-9-17(22)20-19(12-18(23)24)10-4-5-11-19/h2-3,6-7,13H,4-5,8-12H2,1H3,(H,20,22)(H,23,24). The highest BCUT2D eigenvalue weighted by atomic mass is 16.4. The van der Waals surface area contributed by atoms with Crippen molar-refractivity contribution in [1.29, 1.82) is 0 Å². The molecule has 1 fully saturated rings. The number of para-hydroxylation sites is 1. The van der Waals surface area contributed by atoms with E-state index in [0.717, 1.165) is 36.8 Å². The van der Waals surface area contributed by atoms with Crippen LogP contribution in [-0.2, 0) is 23.1 Å². The first kappa shape index (κ1) is 16.6. The van der Waals surface area contributed by atoms with Crippen molar-refractivity contribution in [3.05, 3.63) is 36.0 Å². The van der Waals surface area contributed by atoms with Crippen LogP contribution in [0, 0.1) is 0 Å². The van der Waals surface area contributed by atoms with Crippen LogP contribution in [0.25, 0.3) is 10.9 Å². The minimum Gasteiger partial charge on any atom is -0.481 e. The van der Waals surface area contributed by atoms with Crippen molar-refractivity contribution in [3.63, 3.8) is 0 Å². The van der Waals surface area contributed by atoms with E-state index in [1.165, 1.54) is 5.39 Å². The van der Waals surface area contributed by atoms with Gasteiger partial charge in [-0.3, -0.25) is 9.59 Å². The van der Waals surface area contributed by atoms with Crippen molar-refractivity contribution in [1.82, 2.24) is 9.88 Å². The summed E-state index contributed by atoms with van der Waals surface area (Å²) in [5.41, 5.74) is 1.77. The van der Waals surface area contributed by atoms with Crippen LogP contribution >= 0.6 is 0 Å². The number of benzene rings is 1. The lowest BCUT2D eigenvalue weighted by Crippen LogP contribution is -2.47. The number of carboxylic acid groups (broad SMARTS) is 1. The third-order valence-corrected chi connectivity index (χ3v) is 5.06. The number of nitrogens with zero attached hydrogens (tertiary/aromatic N) is 1. The van der Waals surface area contributed by atoms with Crippen LogP contribution in [0.4, 0.5) is 0 Å². The topological polar surface area (TPSA) is 71.3 Å². The summed E-state index contributed by atoms with van der Waals surface area (Å²) in [6.45, 7) is 0. The van der Waals surface area contributed by atoms with Crippen LogP contribution in [0.1, 0.15) is 44.1 Å². The molecule has 5 heteroatoms. The highest BCUT2D eigenvalue weighted by Crippen LogP contribution is 2.33. The quantitative estimate of drug-likeness (QED) is 0.856. The van der Waals surface area contributed by atoms with E-state index in [0.29, 0.717) is 12.8 Å². The maximum Gasteiger partial charge on any atom is 0.305 e. The molecule has 1 aromatic heterocycles. The molecule has 0 radical (unpaired) electrons. The number of carboxylic acids is 1. The molecule has 0 saturated heterocycles. The molecular formula is C19H24N2O3. The molecule has 0 spiro atoms. The number of fused-ring (bicyclic) bond motifs is 1. The van der Waals surface area contributed by atoms with Gasteiger partial charge in [-0.1, -0.05) is 31.0 Å². The van der Waals surface area contributed by atoms with Crippen LogP contribution in [0.3, 0.4) is 0 Å². The molecule has 1 aliphatic rings. The zero-order chi connectivity index (χ0) is 17.2. The molecule has 2 aromatic rings. The fourth-order valence-corrected chi connectivity index (χ4v) is 3.92. The summed E-state index contributed by atoms with van der Waals surface area (Å²) >= 11 is 0. The molecule has 1 saturated carbocycles. The lowest BCUT2D eigenvalue weighted by atomic mass is 9.93. The normalized spacial score (nSPS) is 16.4. The molecule has 0 atom stereocenters. The predicted molar refractivity (Wildman–Crippen MR) is 92.8 cm³/mol. The third-order valence-electron chi connectivity index (χ3n) is 5.06. The molecule has 128 valence electrons. The first-order valence-electron chi connectivity index (χ1n) is 8.55. The number of aliphatic carboxylic acids is 1. The second-order valence-corrected chi connectivity index (χ2v) is 6.89. The first-order chi connectivity index (χ1) is 11.5. The molecule has 24 heavy (non-hydrogen) atoms. The van der Waals surface area contributed by atoms with Gasteiger partial charge in [0.15, 0.2) is 0 Å². The lowest BCUT2D eigenvalue weighted by Gasteiger charge is -2.28. The molecule has 1 aromatic carbocycles. The molecule has 0 unspecified atom stereocenters. The maximum absolute atomic E-state index is 12.4. The van der Waals surface area contributed by atoms with Gasteiger partial charge in [-0.05, 0) is 30.9 Å². The Hall–Kier alpha value is -2.30. The number of carbonyl (C=O) groups excluding carboxylic acids is 1. The lowest BCUT2D eigenvalue weighted by molar-refractivity contribution is -0.139. The smallest absolute Gasteiger partial charge is 0.305 e. The van der Waals surface area contributed by atoms with Crippen LogP contribution in [0.15, 0.2) is 30.5 Å². The number of rotatable bonds is 6. The fourth-order valence-electron chi connectivity index (χ4n) is 3.92. The molecule has 1 amide bonds. The number of hydrogen-bond acceptors (Lipinski definition) is 2. The predicted octanol–water partition coefficient (Wildman–Crippen LogP) is 3.01. The molecular weight excluding hydrogens is 304 g/mol. The van der Waals surface area contributed by atoms with E-state index in [2.05, 4.69) is 28.2 Å². The third kappa shape index (κ3) is 3.45. The Morgan fingerprint density at radius 3 is 2.67 bits per heavy atom. The Morgan fingerprint density at radius 1 is 1.25 bits per heavy atom. The minimum atomic E-state index is -0.841. The highest BCUT2D eigenvalue weighted by Gasteiger charge is 2.37. The van der Waals surface area contributed by atoms with Crippen LogP contribution in [0.5, 0.6) is 0 Å². The van der Waals surface area contributed by atoms with Crippen molar-refractivity contribution in [2.24, 2.45) is 7.05 Å². The number of hydrogen-bond donors (Lipinski definition) is 2. The Labute approximate surface area is 141 Å². The Morgan fingerprint density at radius 2 is 1.96 bits per heavy atom. The van der Waals surface area contributed by atoms with Crippen LogP contribution in [-0.4, -0.2) is 27.1 Å². The van der Waals surface area contributed by atoms with E-state index in [1.54, 1.807) is 0 Å². The van der Waals surface area contributed by atoms with Gasteiger partial charge < -0.3 is 15.0 Å². The van der Waals surface area contributed by atoms with Gasteiger partial charge in [-0.15, -0.1) is 0 Å². The zero-order valence-corrected chi connectivity index (χ0v) is 14.0. The van der Waals surface area contributed by atoms with Gasteiger partial charge in [0.05, 0.1) is 12.0 Å². The summed E-state index contributed by atoms with van der Waals surface area (Å²) in [5.74, 6) is -0.891. The number of amides is 1. The first-order valence-corrected chi connectivity index (χ1v) is 8.55. The van der Waals surface area contributed by atoms with E-state index >= 15 is 0 Å². The van der Waals surface area contributed by atoms with E-state index in [-0.39, 0.29) is 12.3 Å². The van der Waals surface area contributed by atoms with Gasteiger partial charge in [0, 0.05) is 30.6 Å². The van der Waals surface area contributed by atoms with Gasteiger partial charge in [-0.2, -0.15) is 0 Å². The average molecular weight is 328 g/mol. The van der Waals surface area contributed by atoms with Crippen LogP contribution in [0.2, 0.25) is 0 Å². The average Bonchev–Trinajstić information content (AvgIpc) is 3.10. The van der Waals surface area contributed by atoms with Gasteiger partial charge in [0.25, 0.3) is 0 Å². The summed E-state index contributed by atoms with van der Waals surface area (Å²) in [4.78, 5) is 23.5. The summed E-state index contributed by atoms with van der Waals surface area (Å²) in [5, 5.41) is 13.3. The molecule has 3 rings (SSSR count). The number of aromatic nitrogens is 1. The van der Waals surface area contributed by atoms with Crippen LogP contribution < -0.4 is 5.32 Å². The van der Waals surface area contributed by atoms with Gasteiger partial charge in [-0.25, -0.2) is 0 Å². The van der Waals surface area contributed by atoms with E-state index < -0.39 is 11.5 Å². The number of carbonyl (C=O) groups is 2. The van der Waals surface area contributed by atoms with Crippen molar-refractivity contribution < 1.29 is 14.7 Å². The van der Waals surface area contributed by atoms with Crippen molar-refractivity contribution in [2.75, 3.05) is 0 Å². The van der Waals surface area contributed by atoms with Gasteiger partial charge in [0.2, 0.25) is 5.91 Å². The Balaban J connectivity index is 1.65. The Bertz CT molecular complexity index is 757. The molecule has 2 N–H and O–H groups in total. The SMILES string of the molecule is Cn1cc(CCC(=O)NC2(CC(=O)O)CCCC2)c2ccccc21. The van der Waals surface area contributed by atoms with Crippen molar-refractivity contribution in [3.8, 4) is 0 Å². The summed E-state index contributed by atoms with van der Waals surface area (Å²) in [6, 6.07) is 8.16. The van der Waals surface area contributed by atoms with Gasteiger partial charge in [0.1, 0.15) is 0 Å². The highest BCUT2D eigenvalue weighted by molar-refractivity contribution is 5.85. The van der Waals surface area contributed by atoms with Gasteiger partial charge >= 0.3 is 5.97 Å². The Kier molecular flexibility index (Phi) is 4.60. The second-order valence-electron chi connectivity index (χ2n) is 6.89. The molecule has 0 bridgehead atoms. The molecule has 5 nitrogen and oxygen atoms in total. The molecule has 1 heterocycles. The second kappa shape index (κ2) is 6.67. The van der Waals surface area contributed by atoms with E-state index in [1.807, 2.05) is 19.2 Å². The summed E-state index contributed by atoms with van der Waals surface area (Å²) < 4.78 is 2.07. The molecule has 0 aliphatic heterocycles. The van der Waals surface area contributed by atoms with Crippen molar-refractivity contribution in [2.45, 2.75) is 50.5 Å². The largest absolute Gasteiger partial charge is 0.481 e. The maximum atomic E-state index is 12.4. The van der Waals surface area contributed by atoms with Crippen molar-refractivity contribution >= 4 is 22.8 Å². The van der Waals surface area contributed by atoms with E-state index in [4.69, 9.17) is 5.11 Å². The number of aryl methyl sites for hydroxylation is 2. The fraction of sp³-hybridized carbons (Fsp3) is 0.474. The monoisotopic (exact) mass is 328 g/mol. The summed E-state index contributed by atoms with van der Waals surface area (Å²) in [6.07, 6.45) is 6.63. The molecule has 1 aliphatic carbocycles. The summed E-state index contributed by atoms with van der Waals surface area (Å²) in [7, 11) is 2.01. The van der Waals surface area contributed by atoms with E-state index in [9.17, 15) is 9.59 Å². The number of nitrogens with one attached hydrogen (secondary N) is 1. The zero-order valence-electron chi connectivity index (χ0n) is 14.0. The minimum absolute atomic E-state index is 0.0208.